The molecule has 5 heteroatoms. The third kappa shape index (κ3) is 3.93. The summed E-state index contributed by atoms with van der Waals surface area (Å²) < 4.78 is 7.20. The van der Waals surface area contributed by atoms with Gasteiger partial charge in [0.2, 0.25) is 0 Å². The second-order valence-electron chi connectivity index (χ2n) is 4.84. The first-order chi connectivity index (χ1) is 9.92. The number of anilines is 1. The quantitative estimate of drug-likeness (QED) is 0.606. The van der Waals surface area contributed by atoms with E-state index < -0.39 is 0 Å². The van der Waals surface area contributed by atoms with Crippen LogP contribution in [0.15, 0.2) is 39.3 Å². The SMILES string of the molecule is COc1ccc(C(C)Nc2cc(Cl)c(C)cc2Br)cc1Br. The molecular weight excluding hydrogens is 417 g/mol. The van der Waals surface area contributed by atoms with Crippen LogP contribution in [0.3, 0.4) is 0 Å². The molecule has 2 nitrogen and oxygen atoms in total. The Morgan fingerprint density at radius 3 is 2.48 bits per heavy atom. The van der Waals surface area contributed by atoms with Crippen molar-refractivity contribution >= 4 is 49.1 Å². The Morgan fingerprint density at radius 2 is 1.86 bits per heavy atom. The summed E-state index contributed by atoms with van der Waals surface area (Å²) >= 11 is 13.3. The smallest absolute Gasteiger partial charge is 0.133 e. The molecule has 0 spiro atoms. The fraction of sp³-hybridized carbons (Fsp3) is 0.250. The van der Waals surface area contributed by atoms with Crippen molar-refractivity contribution in [2.45, 2.75) is 19.9 Å². The van der Waals surface area contributed by atoms with Gasteiger partial charge in [-0.2, -0.15) is 0 Å². The second kappa shape index (κ2) is 7.03. The van der Waals surface area contributed by atoms with E-state index in [9.17, 15) is 0 Å². The standard InChI is InChI=1S/C16H16Br2ClNO/c1-9-6-12(17)15(8-14(9)19)20-10(2)11-4-5-16(21-3)13(18)7-11/h4-8,10,20H,1-3H3. The van der Waals surface area contributed by atoms with Crippen LogP contribution in [0.25, 0.3) is 0 Å². The van der Waals surface area contributed by atoms with E-state index in [1.165, 1.54) is 0 Å². The lowest BCUT2D eigenvalue weighted by Crippen LogP contribution is -2.07. The maximum atomic E-state index is 6.20. The van der Waals surface area contributed by atoms with Gasteiger partial charge < -0.3 is 10.1 Å². The molecule has 0 aliphatic carbocycles. The Hall–Kier alpha value is -0.710. The van der Waals surface area contributed by atoms with Gasteiger partial charge in [-0.3, -0.25) is 0 Å². The molecule has 0 aliphatic rings. The van der Waals surface area contributed by atoms with Gasteiger partial charge in [0.25, 0.3) is 0 Å². The first kappa shape index (κ1) is 16.7. The van der Waals surface area contributed by atoms with Crippen molar-refractivity contribution in [3.63, 3.8) is 0 Å². The summed E-state index contributed by atoms with van der Waals surface area (Å²) in [5, 5.41) is 4.22. The molecule has 21 heavy (non-hydrogen) atoms. The van der Waals surface area contributed by atoms with Gasteiger partial charge in [0.1, 0.15) is 5.75 Å². The summed E-state index contributed by atoms with van der Waals surface area (Å²) in [6, 6.07) is 10.2. The normalized spacial score (nSPS) is 12.1. The molecule has 1 unspecified atom stereocenters. The summed E-state index contributed by atoms with van der Waals surface area (Å²) in [4.78, 5) is 0. The molecule has 0 bridgehead atoms. The fourth-order valence-electron chi connectivity index (χ4n) is 2.03. The minimum Gasteiger partial charge on any atom is -0.496 e. The Bertz CT molecular complexity index is 661. The number of rotatable bonds is 4. The van der Waals surface area contributed by atoms with Crippen LogP contribution in [0.1, 0.15) is 24.1 Å². The average molecular weight is 434 g/mol. The maximum Gasteiger partial charge on any atom is 0.133 e. The van der Waals surface area contributed by atoms with E-state index in [4.69, 9.17) is 16.3 Å². The lowest BCUT2D eigenvalue weighted by molar-refractivity contribution is 0.412. The van der Waals surface area contributed by atoms with E-state index in [2.05, 4.69) is 50.2 Å². The van der Waals surface area contributed by atoms with Gasteiger partial charge in [-0.25, -0.2) is 0 Å². The van der Waals surface area contributed by atoms with E-state index >= 15 is 0 Å². The van der Waals surface area contributed by atoms with Crippen molar-refractivity contribution in [3.8, 4) is 5.75 Å². The van der Waals surface area contributed by atoms with Gasteiger partial charge in [-0.05, 0) is 81.1 Å². The van der Waals surface area contributed by atoms with Gasteiger partial charge in [0.15, 0.2) is 0 Å². The number of hydrogen-bond acceptors (Lipinski definition) is 2. The number of methoxy groups -OCH3 is 1. The summed E-state index contributed by atoms with van der Waals surface area (Å²) in [6.45, 7) is 4.09. The minimum atomic E-state index is 0.141. The summed E-state index contributed by atoms with van der Waals surface area (Å²) in [7, 11) is 1.66. The van der Waals surface area contributed by atoms with Gasteiger partial charge in [0, 0.05) is 15.5 Å². The van der Waals surface area contributed by atoms with Gasteiger partial charge >= 0.3 is 0 Å². The Balaban J connectivity index is 2.23. The molecule has 2 aromatic carbocycles. The van der Waals surface area contributed by atoms with Crippen LogP contribution >= 0.6 is 43.5 Å². The van der Waals surface area contributed by atoms with Gasteiger partial charge in [-0.15, -0.1) is 0 Å². The maximum absolute atomic E-state index is 6.20. The molecule has 0 amide bonds. The molecule has 0 radical (unpaired) electrons. The number of hydrogen-bond donors (Lipinski definition) is 1. The summed E-state index contributed by atoms with van der Waals surface area (Å²) in [6.07, 6.45) is 0. The van der Waals surface area contributed by atoms with Crippen LogP contribution in [-0.2, 0) is 0 Å². The van der Waals surface area contributed by atoms with E-state index in [-0.39, 0.29) is 6.04 Å². The molecule has 0 saturated carbocycles. The third-order valence-corrected chi connectivity index (χ3v) is 4.98. The van der Waals surface area contributed by atoms with E-state index in [0.29, 0.717) is 0 Å². The van der Waals surface area contributed by atoms with Gasteiger partial charge in [0.05, 0.1) is 17.3 Å². The average Bonchev–Trinajstić information content (AvgIpc) is 2.44. The number of halogens is 3. The van der Waals surface area contributed by atoms with Crippen molar-refractivity contribution < 1.29 is 4.74 Å². The van der Waals surface area contributed by atoms with Crippen LogP contribution < -0.4 is 10.1 Å². The summed E-state index contributed by atoms with van der Waals surface area (Å²) in [5.41, 5.74) is 3.19. The molecule has 0 fully saturated rings. The highest BCUT2D eigenvalue weighted by atomic mass is 79.9. The van der Waals surface area contributed by atoms with Crippen molar-refractivity contribution in [3.05, 3.63) is 55.4 Å². The lowest BCUT2D eigenvalue weighted by atomic mass is 10.1. The molecule has 0 aromatic heterocycles. The number of benzene rings is 2. The van der Waals surface area contributed by atoms with Crippen LogP contribution in [0.2, 0.25) is 5.02 Å². The monoisotopic (exact) mass is 431 g/mol. The largest absolute Gasteiger partial charge is 0.496 e. The Morgan fingerprint density at radius 1 is 1.14 bits per heavy atom. The fourth-order valence-corrected chi connectivity index (χ4v) is 3.32. The predicted molar refractivity (Wildman–Crippen MR) is 96.6 cm³/mol. The van der Waals surface area contributed by atoms with Crippen molar-refractivity contribution in [1.29, 1.82) is 0 Å². The number of ether oxygens (including phenoxy) is 1. The van der Waals surface area contributed by atoms with Crippen LogP contribution in [0.5, 0.6) is 5.75 Å². The van der Waals surface area contributed by atoms with Crippen LogP contribution in [-0.4, -0.2) is 7.11 Å². The Kier molecular flexibility index (Phi) is 5.58. The highest BCUT2D eigenvalue weighted by molar-refractivity contribution is 9.11. The molecule has 0 heterocycles. The van der Waals surface area contributed by atoms with Crippen LogP contribution in [0.4, 0.5) is 5.69 Å². The first-order valence-electron chi connectivity index (χ1n) is 6.48. The van der Waals surface area contributed by atoms with Crippen LogP contribution in [0, 0.1) is 6.92 Å². The van der Waals surface area contributed by atoms with Gasteiger partial charge in [-0.1, -0.05) is 17.7 Å². The highest BCUT2D eigenvalue weighted by Gasteiger charge is 2.11. The predicted octanol–water partition coefficient (Wildman–Crippen LogP) is 6.36. The molecule has 2 aromatic rings. The molecule has 2 rings (SSSR count). The molecule has 0 aliphatic heterocycles. The van der Waals surface area contributed by atoms with Crippen molar-refractivity contribution in [2.24, 2.45) is 0 Å². The van der Waals surface area contributed by atoms with Crippen molar-refractivity contribution in [2.75, 3.05) is 12.4 Å². The number of aryl methyl sites for hydroxylation is 1. The molecule has 1 atom stereocenters. The molecule has 0 saturated heterocycles. The summed E-state index contributed by atoms with van der Waals surface area (Å²) in [5.74, 6) is 0.825. The minimum absolute atomic E-state index is 0.141. The molecular formula is C16H16Br2ClNO. The van der Waals surface area contributed by atoms with E-state index in [1.807, 2.05) is 31.2 Å². The Labute approximate surface area is 147 Å². The zero-order valence-corrected chi connectivity index (χ0v) is 15.9. The second-order valence-corrected chi connectivity index (χ2v) is 6.96. The first-order valence-corrected chi connectivity index (χ1v) is 8.44. The zero-order chi connectivity index (χ0) is 15.6. The zero-order valence-electron chi connectivity index (χ0n) is 12.0. The lowest BCUT2D eigenvalue weighted by Gasteiger charge is -2.18. The number of nitrogens with one attached hydrogen (secondary N) is 1. The van der Waals surface area contributed by atoms with Crippen molar-refractivity contribution in [1.82, 2.24) is 0 Å². The third-order valence-electron chi connectivity index (χ3n) is 3.30. The highest BCUT2D eigenvalue weighted by Crippen LogP contribution is 2.33. The molecule has 1 N–H and O–H groups in total. The van der Waals surface area contributed by atoms with E-state index in [1.54, 1.807) is 7.11 Å². The van der Waals surface area contributed by atoms with E-state index in [0.717, 1.165) is 36.5 Å². The topological polar surface area (TPSA) is 21.3 Å². The molecule has 112 valence electrons.